The lowest BCUT2D eigenvalue weighted by atomic mass is 9.98. The Morgan fingerprint density at radius 2 is 1.57 bits per heavy atom. The summed E-state index contributed by atoms with van der Waals surface area (Å²) < 4.78 is 5.59. The lowest BCUT2D eigenvalue weighted by Crippen LogP contribution is -2.49. The molecule has 2 atom stereocenters. The molecule has 1 aliphatic heterocycles. The first-order valence-electron chi connectivity index (χ1n) is 12.3. The molecule has 2 aromatic rings. The van der Waals surface area contributed by atoms with Crippen molar-refractivity contribution >= 4 is 18.0 Å². The number of fused-ring (bicyclic) bond motifs is 3. The number of ether oxygens (including phenoxy) is 1. The molecule has 0 unspecified atom stereocenters. The van der Waals surface area contributed by atoms with Crippen LogP contribution in [0, 0.1) is 11.8 Å². The van der Waals surface area contributed by atoms with Crippen LogP contribution in [0.1, 0.15) is 29.9 Å². The van der Waals surface area contributed by atoms with Crippen molar-refractivity contribution in [3.63, 3.8) is 0 Å². The predicted octanol–water partition coefficient (Wildman–Crippen LogP) is 2.78. The minimum Gasteiger partial charge on any atom is -0.481 e. The predicted molar refractivity (Wildman–Crippen MR) is 130 cm³/mol. The summed E-state index contributed by atoms with van der Waals surface area (Å²) in [7, 11) is 0. The van der Waals surface area contributed by atoms with Crippen LogP contribution in [0.5, 0.6) is 0 Å². The van der Waals surface area contributed by atoms with Crippen LogP contribution in [-0.4, -0.2) is 78.8 Å². The molecule has 184 valence electrons. The third kappa shape index (κ3) is 5.17. The lowest BCUT2D eigenvalue weighted by molar-refractivity contribution is -0.138. The molecule has 1 saturated heterocycles. The summed E-state index contributed by atoms with van der Waals surface area (Å²) in [6, 6.07) is 16.5. The monoisotopic (exact) mass is 477 g/mol. The van der Waals surface area contributed by atoms with Gasteiger partial charge in [0.1, 0.15) is 6.61 Å². The highest BCUT2D eigenvalue weighted by atomic mass is 16.5. The number of nitrogens with zero attached hydrogens (tertiary/aromatic N) is 2. The van der Waals surface area contributed by atoms with Gasteiger partial charge in [0.15, 0.2) is 0 Å². The first kappa shape index (κ1) is 23.4. The molecule has 1 saturated carbocycles. The van der Waals surface area contributed by atoms with Gasteiger partial charge < -0.3 is 20.1 Å². The molecule has 1 heterocycles. The van der Waals surface area contributed by atoms with E-state index in [2.05, 4.69) is 34.5 Å². The number of hydrogen-bond acceptors (Lipinski definition) is 5. The minimum atomic E-state index is -0.798. The van der Waals surface area contributed by atoms with E-state index < -0.39 is 12.1 Å². The van der Waals surface area contributed by atoms with Crippen LogP contribution in [0.2, 0.25) is 0 Å². The maximum Gasteiger partial charge on any atom is 0.407 e. The number of aliphatic carboxylic acids is 1. The number of rotatable bonds is 8. The fourth-order valence-corrected chi connectivity index (χ4v) is 5.32. The third-order valence-electron chi connectivity index (χ3n) is 7.42. The van der Waals surface area contributed by atoms with Crippen molar-refractivity contribution in [3.05, 3.63) is 59.7 Å². The smallest absolute Gasteiger partial charge is 0.407 e. The molecule has 5 rings (SSSR count). The summed E-state index contributed by atoms with van der Waals surface area (Å²) >= 11 is 0. The fourth-order valence-electron chi connectivity index (χ4n) is 5.32. The summed E-state index contributed by atoms with van der Waals surface area (Å²) in [6.07, 6.45) is 0.457. The van der Waals surface area contributed by atoms with Gasteiger partial charge in [-0.15, -0.1) is 0 Å². The van der Waals surface area contributed by atoms with E-state index in [4.69, 9.17) is 9.84 Å². The average Bonchev–Trinajstić information content (AvgIpc) is 3.59. The second-order valence-electron chi connectivity index (χ2n) is 9.62. The number of carboxylic acids is 1. The Labute approximate surface area is 204 Å². The van der Waals surface area contributed by atoms with Gasteiger partial charge in [-0.25, -0.2) is 4.79 Å². The van der Waals surface area contributed by atoms with Crippen LogP contribution in [-0.2, 0) is 14.3 Å². The Bertz CT molecular complexity index is 1070. The molecule has 2 N–H and O–H groups in total. The zero-order valence-electron chi connectivity index (χ0n) is 19.7. The van der Waals surface area contributed by atoms with Crippen LogP contribution in [0.15, 0.2) is 48.5 Å². The molecule has 0 aromatic heterocycles. The molecule has 0 radical (unpaired) electrons. The zero-order valence-corrected chi connectivity index (χ0v) is 19.7. The molecule has 8 heteroatoms. The van der Waals surface area contributed by atoms with Gasteiger partial charge in [-0.1, -0.05) is 48.5 Å². The topological polar surface area (TPSA) is 99.2 Å². The van der Waals surface area contributed by atoms with Gasteiger partial charge in [0.2, 0.25) is 5.91 Å². The van der Waals surface area contributed by atoms with Crippen molar-refractivity contribution in [3.8, 4) is 11.1 Å². The van der Waals surface area contributed by atoms with Crippen LogP contribution < -0.4 is 5.32 Å². The van der Waals surface area contributed by atoms with Crippen LogP contribution >= 0.6 is 0 Å². The van der Waals surface area contributed by atoms with Gasteiger partial charge in [0.25, 0.3) is 0 Å². The molecule has 2 amide bonds. The number of carbonyl (C=O) groups is 3. The maximum absolute atomic E-state index is 12.8. The average molecular weight is 478 g/mol. The lowest BCUT2D eigenvalue weighted by Gasteiger charge is -2.34. The van der Waals surface area contributed by atoms with Crippen molar-refractivity contribution in [1.82, 2.24) is 15.1 Å². The molecule has 3 aliphatic rings. The van der Waals surface area contributed by atoms with Gasteiger partial charge in [-0.3, -0.25) is 14.5 Å². The Kier molecular flexibility index (Phi) is 6.72. The number of nitrogens with one attached hydrogen (secondary N) is 1. The Morgan fingerprint density at radius 3 is 2.20 bits per heavy atom. The van der Waals surface area contributed by atoms with Crippen LogP contribution in [0.4, 0.5) is 4.79 Å². The second-order valence-corrected chi connectivity index (χ2v) is 9.62. The van der Waals surface area contributed by atoms with Crippen LogP contribution in [0.3, 0.4) is 0 Å². The molecule has 2 aliphatic carbocycles. The molecular weight excluding hydrogens is 446 g/mol. The Hall–Kier alpha value is -3.39. The first-order valence-corrected chi connectivity index (χ1v) is 12.3. The second kappa shape index (κ2) is 10.1. The van der Waals surface area contributed by atoms with E-state index >= 15 is 0 Å². The molecule has 2 aromatic carbocycles. The fraction of sp³-hybridized carbons (Fsp3) is 0.444. The minimum absolute atomic E-state index is 0.0255. The molecule has 2 fully saturated rings. The standard InChI is InChI=1S/C27H31N3O5/c31-25(32)9-10-29-11-13-30(14-12-29)26(33)23-15-18(23)16-28-27(34)35-17-24-21-7-3-1-5-19(21)20-6-2-4-8-22(20)24/h1-8,18,23-24H,9-17H2,(H,28,34)(H,31,32)/t18-,23-/m0/s1. The number of hydrogen-bond donors (Lipinski definition) is 2. The highest BCUT2D eigenvalue weighted by Gasteiger charge is 2.45. The van der Waals surface area contributed by atoms with Crippen LogP contribution in [0.25, 0.3) is 11.1 Å². The summed E-state index contributed by atoms with van der Waals surface area (Å²) in [5.74, 6) is -0.532. The van der Waals surface area contributed by atoms with Crippen molar-refractivity contribution in [2.45, 2.75) is 18.8 Å². The number of carboxylic acid groups (broad SMARTS) is 1. The number of piperazine rings is 1. The van der Waals surface area contributed by atoms with E-state index in [9.17, 15) is 14.4 Å². The van der Waals surface area contributed by atoms with E-state index in [-0.39, 0.29) is 36.7 Å². The van der Waals surface area contributed by atoms with E-state index in [1.165, 1.54) is 22.3 Å². The number of benzene rings is 2. The zero-order chi connectivity index (χ0) is 24.4. The quantitative estimate of drug-likeness (QED) is 0.607. The first-order chi connectivity index (χ1) is 17.0. The highest BCUT2D eigenvalue weighted by molar-refractivity contribution is 5.82. The molecule has 0 bridgehead atoms. The van der Waals surface area contributed by atoms with Gasteiger partial charge >= 0.3 is 12.1 Å². The summed E-state index contributed by atoms with van der Waals surface area (Å²) in [6.45, 7) is 3.89. The third-order valence-corrected chi connectivity index (χ3v) is 7.42. The summed E-state index contributed by atoms with van der Waals surface area (Å²) in [5, 5.41) is 11.7. The van der Waals surface area contributed by atoms with Gasteiger partial charge in [0, 0.05) is 51.1 Å². The number of carbonyl (C=O) groups excluding carboxylic acids is 2. The van der Waals surface area contributed by atoms with Gasteiger partial charge in [-0.2, -0.15) is 0 Å². The number of alkyl carbamates (subject to hydrolysis) is 1. The van der Waals surface area contributed by atoms with Crippen molar-refractivity contribution in [2.75, 3.05) is 45.9 Å². The molecule has 0 spiro atoms. The highest BCUT2D eigenvalue weighted by Crippen LogP contribution is 2.44. The summed E-state index contributed by atoms with van der Waals surface area (Å²) in [4.78, 5) is 39.9. The maximum atomic E-state index is 12.8. The van der Waals surface area contributed by atoms with Crippen molar-refractivity contribution in [2.24, 2.45) is 11.8 Å². The normalized spacial score (nSPS) is 21.2. The Balaban J connectivity index is 1.05. The van der Waals surface area contributed by atoms with E-state index in [1.54, 1.807) is 0 Å². The van der Waals surface area contributed by atoms with E-state index in [1.807, 2.05) is 29.2 Å². The van der Waals surface area contributed by atoms with Crippen molar-refractivity contribution in [1.29, 1.82) is 0 Å². The van der Waals surface area contributed by atoms with Gasteiger partial charge in [-0.05, 0) is 34.6 Å². The summed E-state index contributed by atoms with van der Waals surface area (Å²) in [5.41, 5.74) is 4.74. The van der Waals surface area contributed by atoms with E-state index in [0.717, 1.165) is 6.42 Å². The molecular formula is C27H31N3O5. The SMILES string of the molecule is O=C(O)CCN1CCN(C(=O)[C@H]2C[C@H]2CNC(=O)OCC2c3ccccc3-c3ccccc32)CC1. The van der Waals surface area contributed by atoms with Gasteiger partial charge in [0.05, 0.1) is 6.42 Å². The molecule has 35 heavy (non-hydrogen) atoms. The van der Waals surface area contributed by atoms with Crippen molar-refractivity contribution < 1.29 is 24.2 Å². The number of amides is 2. The van der Waals surface area contributed by atoms with E-state index in [0.29, 0.717) is 39.3 Å². The Morgan fingerprint density at radius 1 is 0.943 bits per heavy atom. The largest absolute Gasteiger partial charge is 0.481 e. The molecule has 8 nitrogen and oxygen atoms in total.